The number of rotatable bonds is 2. The number of hydrogen-bond donors (Lipinski definition) is 4. The highest BCUT2D eigenvalue weighted by Crippen LogP contribution is 2.28. The van der Waals surface area contributed by atoms with Gasteiger partial charge in [-0.25, -0.2) is 16.7 Å². The second-order valence-corrected chi connectivity index (χ2v) is 6.27. The molecular weight excluding hydrogens is 330 g/mol. The number of anilines is 1. The fraction of sp³-hybridized carbons (Fsp3) is 0. The number of aliphatic imine (C=N–C) groups is 1. The Kier molecular flexibility index (Phi) is 6.76. The van der Waals surface area contributed by atoms with Crippen molar-refractivity contribution in [3.05, 3.63) is 60.7 Å². The third-order valence-electron chi connectivity index (χ3n) is 2.66. The summed E-state index contributed by atoms with van der Waals surface area (Å²) in [4.78, 5) is 4.38. The average molecular weight is 347 g/mol. The second-order valence-electron chi connectivity index (χ2n) is 4.18. The molecule has 9 heteroatoms. The minimum absolute atomic E-state index is 0.414. The van der Waals surface area contributed by atoms with Crippen molar-refractivity contribution in [2.24, 2.45) is 27.6 Å². The normalized spacial score (nSPS) is 12.1. The molecule has 0 aliphatic heterocycles. The van der Waals surface area contributed by atoms with E-state index in [1.165, 1.54) is 26.6 Å². The minimum atomic E-state index is 0.414. The van der Waals surface area contributed by atoms with Gasteiger partial charge in [0.1, 0.15) is 0 Å². The summed E-state index contributed by atoms with van der Waals surface area (Å²) < 4.78 is 0. The first-order chi connectivity index (χ1) is 11.2. The summed E-state index contributed by atoms with van der Waals surface area (Å²) in [5.74, 6) is 17.0. The van der Waals surface area contributed by atoms with Gasteiger partial charge in [-0.2, -0.15) is 5.10 Å². The molecule has 7 N–H and O–H groups in total. The number of nitrogens with zero attached hydrogens (tertiary/aromatic N) is 3. The molecule has 0 bridgehead atoms. The Morgan fingerprint density at radius 1 is 0.957 bits per heavy atom. The summed E-state index contributed by atoms with van der Waals surface area (Å²) >= 11 is 0. The SMILES string of the molecule is N/N=C(/SSC(=Nc1ccccc1)NN)N(N)c1ccccc1. The molecule has 7 nitrogen and oxygen atoms in total. The lowest BCUT2D eigenvalue weighted by Gasteiger charge is -2.18. The lowest BCUT2D eigenvalue weighted by atomic mass is 10.3. The van der Waals surface area contributed by atoms with Crippen molar-refractivity contribution in [1.82, 2.24) is 5.43 Å². The van der Waals surface area contributed by atoms with Crippen LogP contribution in [0.4, 0.5) is 11.4 Å². The zero-order valence-electron chi connectivity index (χ0n) is 12.2. The van der Waals surface area contributed by atoms with Gasteiger partial charge in [0.15, 0.2) is 5.17 Å². The van der Waals surface area contributed by atoms with Crippen LogP contribution < -0.4 is 28.0 Å². The van der Waals surface area contributed by atoms with Crippen molar-refractivity contribution in [2.45, 2.75) is 0 Å². The molecule has 0 aromatic heterocycles. The van der Waals surface area contributed by atoms with E-state index in [9.17, 15) is 0 Å². The highest BCUT2D eigenvalue weighted by Gasteiger charge is 2.12. The van der Waals surface area contributed by atoms with Gasteiger partial charge in [0, 0.05) is 0 Å². The number of para-hydroxylation sites is 2. The molecule has 0 saturated carbocycles. The summed E-state index contributed by atoms with van der Waals surface area (Å²) in [6.45, 7) is 0. The van der Waals surface area contributed by atoms with Gasteiger partial charge in [-0.1, -0.05) is 36.4 Å². The van der Waals surface area contributed by atoms with Crippen LogP contribution in [0.15, 0.2) is 70.8 Å². The molecule has 0 radical (unpaired) electrons. The molecule has 2 rings (SSSR count). The van der Waals surface area contributed by atoms with Gasteiger partial charge >= 0.3 is 0 Å². The molecule has 120 valence electrons. The predicted octanol–water partition coefficient (Wildman–Crippen LogP) is 2.13. The fourth-order valence-corrected chi connectivity index (χ4v) is 3.25. The van der Waals surface area contributed by atoms with Crippen molar-refractivity contribution in [2.75, 3.05) is 5.01 Å². The Labute approximate surface area is 142 Å². The molecule has 23 heavy (non-hydrogen) atoms. The maximum Gasteiger partial charge on any atom is 0.212 e. The molecule has 0 fully saturated rings. The number of benzene rings is 2. The quantitative estimate of drug-likeness (QED) is 0.216. The average Bonchev–Trinajstić information content (AvgIpc) is 2.62. The van der Waals surface area contributed by atoms with Crippen LogP contribution in [0.3, 0.4) is 0 Å². The highest BCUT2D eigenvalue weighted by atomic mass is 33.1. The van der Waals surface area contributed by atoms with Gasteiger partial charge in [0.2, 0.25) is 5.17 Å². The molecule has 0 unspecified atom stereocenters. The number of hydrazone groups is 1. The Balaban J connectivity index is 2.03. The van der Waals surface area contributed by atoms with Gasteiger partial charge in [-0.15, -0.1) is 0 Å². The second kappa shape index (κ2) is 9.06. The van der Waals surface area contributed by atoms with E-state index in [-0.39, 0.29) is 0 Å². The molecule has 0 atom stereocenters. The number of amidine groups is 2. The van der Waals surface area contributed by atoms with Crippen LogP contribution in [-0.4, -0.2) is 10.3 Å². The third kappa shape index (κ3) is 5.18. The molecule has 2 aromatic rings. The summed E-state index contributed by atoms with van der Waals surface area (Å²) in [5.41, 5.74) is 4.10. The Morgan fingerprint density at radius 2 is 1.57 bits per heavy atom. The molecule has 0 aliphatic carbocycles. The Morgan fingerprint density at radius 3 is 2.13 bits per heavy atom. The first-order valence-electron chi connectivity index (χ1n) is 6.57. The third-order valence-corrected chi connectivity index (χ3v) is 4.73. The van der Waals surface area contributed by atoms with Gasteiger partial charge in [-0.05, 0) is 45.9 Å². The predicted molar refractivity (Wildman–Crippen MR) is 101 cm³/mol. The van der Waals surface area contributed by atoms with E-state index in [4.69, 9.17) is 17.5 Å². The summed E-state index contributed by atoms with van der Waals surface area (Å²) in [7, 11) is 2.52. The number of nitrogens with one attached hydrogen (secondary N) is 1. The lowest BCUT2D eigenvalue weighted by Crippen LogP contribution is -2.36. The molecular formula is C14H17N7S2. The van der Waals surface area contributed by atoms with Crippen LogP contribution in [0.1, 0.15) is 0 Å². The Hall–Kier alpha value is -2.20. The van der Waals surface area contributed by atoms with E-state index in [1.54, 1.807) is 0 Å². The van der Waals surface area contributed by atoms with Crippen molar-refractivity contribution < 1.29 is 0 Å². The van der Waals surface area contributed by atoms with Gasteiger partial charge in [-0.3, -0.25) is 5.01 Å². The van der Waals surface area contributed by atoms with E-state index in [2.05, 4.69) is 15.5 Å². The molecule has 0 aliphatic rings. The van der Waals surface area contributed by atoms with Crippen LogP contribution in [0.2, 0.25) is 0 Å². The molecule has 0 saturated heterocycles. The first kappa shape index (κ1) is 17.2. The van der Waals surface area contributed by atoms with E-state index in [1.807, 2.05) is 60.7 Å². The largest absolute Gasteiger partial charge is 0.321 e. The van der Waals surface area contributed by atoms with Crippen LogP contribution in [0.5, 0.6) is 0 Å². The van der Waals surface area contributed by atoms with Crippen LogP contribution >= 0.6 is 21.6 Å². The number of nitrogens with two attached hydrogens (primary N) is 3. The summed E-state index contributed by atoms with van der Waals surface area (Å²) in [5, 5.41) is 6.03. The lowest BCUT2D eigenvalue weighted by molar-refractivity contribution is 1.05. The van der Waals surface area contributed by atoms with Gasteiger partial charge in [0.25, 0.3) is 0 Å². The van der Waals surface area contributed by atoms with Crippen molar-refractivity contribution >= 4 is 43.3 Å². The summed E-state index contributed by atoms with van der Waals surface area (Å²) in [6, 6.07) is 18.8. The van der Waals surface area contributed by atoms with Crippen molar-refractivity contribution in [3.63, 3.8) is 0 Å². The topological polar surface area (TPSA) is 118 Å². The zero-order valence-corrected chi connectivity index (χ0v) is 13.8. The van der Waals surface area contributed by atoms with Gasteiger partial charge in [0.05, 0.1) is 11.4 Å². The monoisotopic (exact) mass is 347 g/mol. The van der Waals surface area contributed by atoms with Crippen LogP contribution in [0.25, 0.3) is 0 Å². The van der Waals surface area contributed by atoms with E-state index < -0.39 is 0 Å². The molecule has 0 heterocycles. The van der Waals surface area contributed by atoms with E-state index in [0.717, 1.165) is 11.4 Å². The van der Waals surface area contributed by atoms with E-state index >= 15 is 0 Å². The van der Waals surface area contributed by atoms with Gasteiger partial charge < -0.3 is 11.3 Å². The number of hydrogen-bond acceptors (Lipinski definition) is 7. The van der Waals surface area contributed by atoms with E-state index in [0.29, 0.717) is 10.3 Å². The van der Waals surface area contributed by atoms with Crippen molar-refractivity contribution in [1.29, 1.82) is 0 Å². The standard InChI is InChI=1S/C14H17N7S2/c15-19-13(18-11-7-3-1-4-8-11)22-23-14(20-16)21(17)12-9-5-2-6-10-12/h1-10H,15-17H2,(H,18,19)/b20-14+. The highest BCUT2D eigenvalue weighted by molar-refractivity contribution is 8.87. The first-order valence-corrected chi connectivity index (χ1v) is 8.72. The van der Waals surface area contributed by atoms with Crippen LogP contribution in [-0.2, 0) is 0 Å². The smallest absolute Gasteiger partial charge is 0.212 e. The maximum atomic E-state index is 6.03. The number of hydrazine groups is 2. The molecule has 2 aromatic carbocycles. The van der Waals surface area contributed by atoms with Crippen molar-refractivity contribution in [3.8, 4) is 0 Å². The maximum absolute atomic E-state index is 6.03. The summed E-state index contributed by atoms with van der Waals surface area (Å²) in [6.07, 6.45) is 0. The van der Waals surface area contributed by atoms with Crippen LogP contribution in [0, 0.1) is 0 Å². The zero-order chi connectivity index (χ0) is 16.5. The Bertz CT molecular complexity index is 661. The molecule has 0 spiro atoms. The molecule has 0 amide bonds. The minimum Gasteiger partial charge on any atom is -0.321 e. The fourth-order valence-electron chi connectivity index (χ4n) is 1.59.